The average molecular weight is 344 g/mol. The van der Waals surface area contributed by atoms with Gasteiger partial charge in [0, 0.05) is 37.4 Å². The fourth-order valence-corrected chi connectivity index (χ4v) is 3.50. The van der Waals surface area contributed by atoms with E-state index in [1.54, 1.807) is 0 Å². The van der Waals surface area contributed by atoms with Gasteiger partial charge in [-0.05, 0) is 36.6 Å². The standard InChI is InChI=1S/C22H24N4/c1-3-8-18(9-4-1)16-21-23-14-13-22(25-21)26-15-7-12-20(17-26)24-19-10-5-2-6-11-19/h1-6,8-11,13-14,20,24H,7,12,15-17H2. The third kappa shape index (κ3) is 4.20. The molecule has 1 saturated heterocycles. The number of rotatable bonds is 5. The van der Waals surface area contributed by atoms with E-state index in [1.165, 1.54) is 24.1 Å². The highest BCUT2D eigenvalue weighted by atomic mass is 15.2. The van der Waals surface area contributed by atoms with Crippen LogP contribution in [0.2, 0.25) is 0 Å². The lowest BCUT2D eigenvalue weighted by Crippen LogP contribution is -2.42. The Hall–Kier alpha value is -2.88. The van der Waals surface area contributed by atoms with Crippen molar-refractivity contribution in [1.29, 1.82) is 0 Å². The number of hydrogen-bond donors (Lipinski definition) is 1. The molecule has 0 spiro atoms. The van der Waals surface area contributed by atoms with E-state index in [1.807, 2.05) is 24.4 Å². The number of anilines is 2. The molecule has 1 aromatic heterocycles. The van der Waals surface area contributed by atoms with Gasteiger partial charge < -0.3 is 10.2 Å². The molecule has 0 amide bonds. The monoisotopic (exact) mass is 344 g/mol. The molecule has 1 atom stereocenters. The van der Waals surface area contributed by atoms with Crippen LogP contribution >= 0.6 is 0 Å². The van der Waals surface area contributed by atoms with Crippen LogP contribution in [0.3, 0.4) is 0 Å². The van der Waals surface area contributed by atoms with Crippen LogP contribution in [-0.4, -0.2) is 29.1 Å². The summed E-state index contributed by atoms with van der Waals surface area (Å²) in [6.07, 6.45) is 5.01. The van der Waals surface area contributed by atoms with Crippen molar-refractivity contribution in [2.75, 3.05) is 23.3 Å². The number of para-hydroxylation sites is 1. The van der Waals surface area contributed by atoms with E-state index >= 15 is 0 Å². The second-order valence-electron chi connectivity index (χ2n) is 6.79. The van der Waals surface area contributed by atoms with E-state index in [9.17, 15) is 0 Å². The van der Waals surface area contributed by atoms with Crippen LogP contribution in [0.1, 0.15) is 24.2 Å². The second-order valence-corrected chi connectivity index (χ2v) is 6.79. The van der Waals surface area contributed by atoms with E-state index in [0.29, 0.717) is 6.04 Å². The molecule has 26 heavy (non-hydrogen) atoms. The topological polar surface area (TPSA) is 41.1 Å². The van der Waals surface area contributed by atoms with Crippen molar-refractivity contribution < 1.29 is 0 Å². The fourth-order valence-electron chi connectivity index (χ4n) is 3.50. The van der Waals surface area contributed by atoms with Crippen molar-refractivity contribution in [3.63, 3.8) is 0 Å². The van der Waals surface area contributed by atoms with Gasteiger partial charge in [0.05, 0.1) is 0 Å². The molecular formula is C22H24N4. The molecular weight excluding hydrogens is 320 g/mol. The summed E-state index contributed by atoms with van der Waals surface area (Å²) in [5, 5.41) is 3.65. The number of nitrogens with one attached hydrogen (secondary N) is 1. The van der Waals surface area contributed by atoms with E-state index in [4.69, 9.17) is 4.98 Å². The molecule has 1 aliphatic rings. The summed E-state index contributed by atoms with van der Waals surface area (Å²) in [7, 11) is 0. The highest BCUT2D eigenvalue weighted by Gasteiger charge is 2.21. The number of benzene rings is 2. The molecule has 1 aliphatic heterocycles. The summed E-state index contributed by atoms with van der Waals surface area (Å²) < 4.78 is 0. The molecule has 2 aromatic carbocycles. The Morgan fingerprint density at radius 2 is 1.73 bits per heavy atom. The lowest BCUT2D eigenvalue weighted by molar-refractivity contribution is 0.526. The molecule has 1 fully saturated rings. The molecule has 1 unspecified atom stereocenters. The van der Waals surface area contributed by atoms with Gasteiger partial charge in [0.25, 0.3) is 0 Å². The van der Waals surface area contributed by atoms with Crippen LogP contribution in [0.15, 0.2) is 72.9 Å². The molecule has 132 valence electrons. The van der Waals surface area contributed by atoms with Crippen LogP contribution < -0.4 is 10.2 Å². The van der Waals surface area contributed by atoms with Gasteiger partial charge in [-0.25, -0.2) is 9.97 Å². The molecule has 0 radical (unpaired) electrons. The summed E-state index contributed by atoms with van der Waals surface area (Å²) in [4.78, 5) is 11.7. The van der Waals surface area contributed by atoms with E-state index in [-0.39, 0.29) is 0 Å². The molecule has 0 saturated carbocycles. The molecule has 2 heterocycles. The lowest BCUT2D eigenvalue weighted by atomic mass is 10.1. The van der Waals surface area contributed by atoms with Crippen LogP contribution in [0, 0.1) is 0 Å². The Morgan fingerprint density at radius 3 is 2.54 bits per heavy atom. The molecule has 4 heteroatoms. The summed E-state index contributed by atoms with van der Waals surface area (Å²) >= 11 is 0. The Bertz CT molecular complexity index is 820. The van der Waals surface area contributed by atoms with Gasteiger partial charge in [-0.1, -0.05) is 48.5 Å². The minimum Gasteiger partial charge on any atom is -0.381 e. The largest absolute Gasteiger partial charge is 0.381 e. The first-order valence-electron chi connectivity index (χ1n) is 9.29. The molecule has 3 aromatic rings. The van der Waals surface area contributed by atoms with Crippen LogP contribution in [0.25, 0.3) is 0 Å². The molecule has 1 N–H and O–H groups in total. The normalized spacial score (nSPS) is 17.1. The number of piperidine rings is 1. The van der Waals surface area contributed by atoms with Crippen LogP contribution in [0.4, 0.5) is 11.5 Å². The molecule has 0 bridgehead atoms. The Morgan fingerprint density at radius 1 is 0.962 bits per heavy atom. The third-order valence-corrected chi connectivity index (χ3v) is 4.79. The first-order chi connectivity index (χ1) is 12.9. The highest BCUT2D eigenvalue weighted by Crippen LogP contribution is 2.21. The van der Waals surface area contributed by atoms with Gasteiger partial charge in [0.15, 0.2) is 0 Å². The molecule has 0 aliphatic carbocycles. The number of nitrogens with zero attached hydrogens (tertiary/aromatic N) is 3. The quantitative estimate of drug-likeness (QED) is 0.755. The summed E-state index contributed by atoms with van der Waals surface area (Å²) in [6, 6.07) is 23.3. The van der Waals surface area contributed by atoms with Crippen molar-refractivity contribution in [3.8, 4) is 0 Å². The third-order valence-electron chi connectivity index (χ3n) is 4.79. The van der Waals surface area contributed by atoms with E-state index in [2.05, 4.69) is 63.7 Å². The maximum absolute atomic E-state index is 4.82. The maximum atomic E-state index is 4.82. The zero-order valence-electron chi connectivity index (χ0n) is 14.9. The van der Waals surface area contributed by atoms with Gasteiger partial charge in [0.1, 0.15) is 11.6 Å². The number of hydrogen-bond acceptors (Lipinski definition) is 4. The maximum Gasteiger partial charge on any atom is 0.135 e. The second kappa shape index (κ2) is 8.00. The van der Waals surface area contributed by atoms with Crippen molar-refractivity contribution in [1.82, 2.24) is 9.97 Å². The highest BCUT2D eigenvalue weighted by molar-refractivity contribution is 5.45. The minimum atomic E-state index is 0.443. The fraction of sp³-hybridized carbons (Fsp3) is 0.273. The Balaban J connectivity index is 1.44. The SMILES string of the molecule is c1ccc(Cc2nccc(N3CCCC(Nc4ccccc4)C3)n2)cc1. The van der Waals surface area contributed by atoms with Crippen molar-refractivity contribution >= 4 is 11.5 Å². The Labute approximate surface area is 154 Å². The zero-order valence-corrected chi connectivity index (χ0v) is 14.9. The lowest BCUT2D eigenvalue weighted by Gasteiger charge is -2.34. The van der Waals surface area contributed by atoms with Crippen molar-refractivity contribution in [2.24, 2.45) is 0 Å². The van der Waals surface area contributed by atoms with Crippen molar-refractivity contribution in [3.05, 3.63) is 84.3 Å². The predicted molar refractivity (Wildman–Crippen MR) is 107 cm³/mol. The van der Waals surface area contributed by atoms with Gasteiger partial charge in [-0.15, -0.1) is 0 Å². The minimum absolute atomic E-state index is 0.443. The van der Waals surface area contributed by atoms with E-state index in [0.717, 1.165) is 31.2 Å². The first kappa shape index (κ1) is 16.6. The van der Waals surface area contributed by atoms with Crippen LogP contribution in [0.5, 0.6) is 0 Å². The van der Waals surface area contributed by atoms with E-state index < -0.39 is 0 Å². The summed E-state index contributed by atoms with van der Waals surface area (Å²) in [5.74, 6) is 1.91. The van der Waals surface area contributed by atoms with Gasteiger partial charge in [0.2, 0.25) is 0 Å². The van der Waals surface area contributed by atoms with Gasteiger partial charge in [-0.3, -0.25) is 0 Å². The number of aromatic nitrogens is 2. The van der Waals surface area contributed by atoms with Crippen LogP contribution in [-0.2, 0) is 6.42 Å². The zero-order chi connectivity index (χ0) is 17.6. The van der Waals surface area contributed by atoms with Gasteiger partial charge in [-0.2, -0.15) is 0 Å². The first-order valence-corrected chi connectivity index (χ1v) is 9.29. The predicted octanol–water partition coefficient (Wildman–Crippen LogP) is 4.15. The Kier molecular flexibility index (Phi) is 5.10. The molecule has 4 rings (SSSR count). The van der Waals surface area contributed by atoms with Gasteiger partial charge >= 0.3 is 0 Å². The van der Waals surface area contributed by atoms with Crippen molar-refractivity contribution in [2.45, 2.75) is 25.3 Å². The molecule has 4 nitrogen and oxygen atoms in total. The summed E-state index contributed by atoms with van der Waals surface area (Å²) in [6.45, 7) is 2.02. The smallest absolute Gasteiger partial charge is 0.135 e. The summed E-state index contributed by atoms with van der Waals surface area (Å²) in [5.41, 5.74) is 2.43. The average Bonchev–Trinajstić information content (AvgIpc) is 2.70.